The Labute approximate surface area is 148 Å². The molecule has 5 heteroatoms. The molecule has 1 aliphatic heterocycles. The number of likely N-dealkylation sites (tertiary alicyclic amines) is 1. The first kappa shape index (κ1) is 16.3. The number of nitrogens with zero attached hydrogens (tertiary/aromatic N) is 2. The maximum atomic E-state index is 12.5. The molecule has 2 aromatic rings. The van der Waals surface area contributed by atoms with Gasteiger partial charge < -0.3 is 10.2 Å². The number of anilines is 1. The number of aryl methyl sites for hydroxylation is 1. The van der Waals surface area contributed by atoms with Gasteiger partial charge in [0.05, 0.1) is 5.69 Å². The number of piperidine rings is 1. The summed E-state index contributed by atoms with van der Waals surface area (Å²) in [6.07, 6.45) is 4.97. The fraction of sp³-hybridized carbons (Fsp3) is 0.500. The Hall–Kier alpha value is -2.14. The highest BCUT2D eigenvalue weighted by atomic mass is 16.2. The number of aromatic amines is 1. The van der Waals surface area contributed by atoms with Gasteiger partial charge >= 0.3 is 0 Å². The number of benzene rings is 1. The van der Waals surface area contributed by atoms with Gasteiger partial charge in [0.1, 0.15) is 0 Å². The number of carbonyl (C=O) groups is 1. The molecule has 2 N–H and O–H groups in total. The summed E-state index contributed by atoms with van der Waals surface area (Å²) in [7, 11) is 0. The van der Waals surface area contributed by atoms with Gasteiger partial charge in [0.25, 0.3) is 0 Å². The molecule has 2 atom stereocenters. The summed E-state index contributed by atoms with van der Waals surface area (Å²) in [4.78, 5) is 15.0. The maximum absolute atomic E-state index is 12.5. The van der Waals surface area contributed by atoms with Crippen LogP contribution in [-0.4, -0.2) is 40.6 Å². The predicted molar refractivity (Wildman–Crippen MR) is 99.3 cm³/mol. The quantitative estimate of drug-likeness (QED) is 0.878. The number of H-pyrrole nitrogens is 1. The lowest BCUT2D eigenvalue weighted by Gasteiger charge is -2.26. The van der Waals surface area contributed by atoms with E-state index in [0.717, 1.165) is 24.2 Å². The Morgan fingerprint density at radius 2 is 2.08 bits per heavy atom. The molecular weight excluding hydrogens is 312 g/mol. The molecule has 1 aromatic heterocycles. The zero-order chi connectivity index (χ0) is 17.2. The van der Waals surface area contributed by atoms with Crippen molar-refractivity contribution in [2.75, 3.05) is 25.0 Å². The van der Waals surface area contributed by atoms with Crippen LogP contribution in [-0.2, 0) is 4.79 Å². The van der Waals surface area contributed by atoms with Crippen LogP contribution in [0.3, 0.4) is 0 Å². The van der Waals surface area contributed by atoms with Crippen molar-refractivity contribution in [3.05, 3.63) is 35.9 Å². The van der Waals surface area contributed by atoms with Gasteiger partial charge in [-0.15, -0.1) is 0 Å². The molecule has 132 valence electrons. The van der Waals surface area contributed by atoms with Crippen LogP contribution in [0.5, 0.6) is 0 Å². The summed E-state index contributed by atoms with van der Waals surface area (Å²) in [5, 5.41) is 10.3. The van der Waals surface area contributed by atoms with Crippen LogP contribution in [0.1, 0.15) is 31.2 Å². The summed E-state index contributed by atoms with van der Waals surface area (Å²) in [6.45, 7) is 5.55. The molecule has 2 heterocycles. The van der Waals surface area contributed by atoms with E-state index in [-0.39, 0.29) is 11.8 Å². The summed E-state index contributed by atoms with van der Waals surface area (Å²) < 4.78 is 0. The van der Waals surface area contributed by atoms with Gasteiger partial charge in [-0.2, -0.15) is 5.10 Å². The van der Waals surface area contributed by atoms with E-state index in [0.29, 0.717) is 11.7 Å². The number of nitrogens with one attached hydrogen (secondary N) is 2. The SMILES string of the molecule is Cc1ccccc1-c1cc(NC(=O)[C@@H]2C[C@H]2CN2CCCCC2)n[nH]1. The van der Waals surface area contributed by atoms with Gasteiger partial charge in [0, 0.05) is 24.1 Å². The van der Waals surface area contributed by atoms with Gasteiger partial charge in [-0.25, -0.2) is 0 Å². The van der Waals surface area contributed by atoms with Crippen LogP contribution < -0.4 is 5.32 Å². The van der Waals surface area contributed by atoms with E-state index in [1.807, 2.05) is 18.2 Å². The second-order valence-electron chi connectivity index (χ2n) is 7.43. The highest BCUT2D eigenvalue weighted by Crippen LogP contribution is 2.40. The van der Waals surface area contributed by atoms with Crippen LogP contribution in [0.4, 0.5) is 5.82 Å². The van der Waals surface area contributed by atoms with E-state index in [9.17, 15) is 4.79 Å². The fourth-order valence-corrected chi connectivity index (χ4v) is 3.86. The Balaban J connectivity index is 1.32. The van der Waals surface area contributed by atoms with Crippen molar-refractivity contribution in [1.82, 2.24) is 15.1 Å². The predicted octanol–water partition coefficient (Wildman–Crippen LogP) is 3.45. The first-order chi connectivity index (χ1) is 12.2. The number of hydrogen-bond donors (Lipinski definition) is 2. The van der Waals surface area contributed by atoms with E-state index in [1.54, 1.807) is 0 Å². The molecule has 0 unspecified atom stereocenters. The number of carbonyl (C=O) groups excluding carboxylic acids is 1. The Morgan fingerprint density at radius 1 is 1.28 bits per heavy atom. The molecule has 1 amide bonds. The molecule has 2 fully saturated rings. The lowest BCUT2D eigenvalue weighted by molar-refractivity contribution is -0.117. The van der Waals surface area contributed by atoms with Crippen molar-refractivity contribution in [2.24, 2.45) is 11.8 Å². The number of amides is 1. The van der Waals surface area contributed by atoms with Crippen molar-refractivity contribution in [3.8, 4) is 11.3 Å². The molecule has 4 rings (SSSR count). The fourth-order valence-electron chi connectivity index (χ4n) is 3.86. The maximum Gasteiger partial charge on any atom is 0.229 e. The Morgan fingerprint density at radius 3 is 2.88 bits per heavy atom. The van der Waals surface area contributed by atoms with Crippen LogP contribution in [0.25, 0.3) is 11.3 Å². The van der Waals surface area contributed by atoms with Crippen molar-refractivity contribution < 1.29 is 4.79 Å². The van der Waals surface area contributed by atoms with E-state index < -0.39 is 0 Å². The largest absolute Gasteiger partial charge is 0.309 e. The van der Waals surface area contributed by atoms with E-state index in [2.05, 4.69) is 39.5 Å². The molecule has 25 heavy (non-hydrogen) atoms. The second-order valence-corrected chi connectivity index (χ2v) is 7.43. The monoisotopic (exact) mass is 338 g/mol. The van der Waals surface area contributed by atoms with Gasteiger partial charge in [0.15, 0.2) is 5.82 Å². The third kappa shape index (κ3) is 3.76. The van der Waals surface area contributed by atoms with Crippen LogP contribution in [0.15, 0.2) is 30.3 Å². The number of aromatic nitrogens is 2. The number of hydrogen-bond acceptors (Lipinski definition) is 3. The minimum absolute atomic E-state index is 0.116. The first-order valence-corrected chi connectivity index (χ1v) is 9.35. The van der Waals surface area contributed by atoms with Crippen LogP contribution in [0.2, 0.25) is 0 Å². The third-order valence-electron chi connectivity index (χ3n) is 5.47. The topological polar surface area (TPSA) is 61.0 Å². The molecule has 0 spiro atoms. The first-order valence-electron chi connectivity index (χ1n) is 9.35. The van der Waals surface area contributed by atoms with E-state index >= 15 is 0 Å². The standard InChI is InChI=1S/C20H26N4O/c1-14-7-3-4-8-16(14)18-12-19(23-22-18)21-20(25)17-11-15(17)13-24-9-5-2-6-10-24/h3-4,7-8,12,15,17H,2,5-6,9-11,13H2,1H3,(H2,21,22,23,25)/t15-,17+/m0/s1. The summed E-state index contributed by atoms with van der Waals surface area (Å²) in [5.74, 6) is 1.41. The lowest BCUT2D eigenvalue weighted by atomic mass is 10.1. The Bertz CT molecular complexity index is 748. The van der Waals surface area contributed by atoms with Crippen molar-refractivity contribution in [2.45, 2.75) is 32.6 Å². The van der Waals surface area contributed by atoms with Crippen LogP contribution in [0, 0.1) is 18.8 Å². The molecule has 1 saturated heterocycles. The lowest BCUT2D eigenvalue weighted by Crippen LogP contribution is -2.32. The van der Waals surface area contributed by atoms with Gasteiger partial charge in [-0.1, -0.05) is 30.7 Å². The minimum Gasteiger partial charge on any atom is -0.309 e. The summed E-state index contributed by atoms with van der Waals surface area (Å²) >= 11 is 0. The van der Waals surface area contributed by atoms with Crippen molar-refractivity contribution in [1.29, 1.82) is 0 Å². The molecule has 5 nitrogen and oxygen atoms in total. The molecule has 0 radical (unpaired) electrons. The molecule has 1 aliphatic carbocycles. The van der Waals surface area contributed by atoms with E-state index in [1.165, 1.54) is 37.9 Å². The average molecular weight is 338 g/mol. The molecule has 1 saturated carbocycles. The van der Waals surface area contributed by atoms with Gasteiger partial charge in [-0.3, -0.25) is 9.89 Å². The molecule has 0 bridgehead atoms. The average Bonchev–Trinajstić information content (AvgIpc) is 3.24. The zero-order valence-corrected chi connectivity index (χ0v) is 14.8. The minimum atomic E-state index is 0.116. The van der Waals surface area contributed by atoms with Gasteiger partial charge in [0.2, 0.25) is 5.91 Å². The van der Waals surface area contributed by atoms with Gasteiger partial charge in [-0.05, 0) is 50.8 Å². The molecule has 1 aromatic carbocycles. The van der Waals surface area contributed by atoms with E-state index in [4.69, 9.17) is 0 Å². The second kappa shape index (κ2) is 7.00. The summed E-state index contributed by atoms with van der Waals surface area (Å²) in [5.41, 5.74) is 3.24. The molecular formula is C20H26N4O. The summed E-state index contributed by atoms with van der Waals surface area (Å²) in [6, 6.07) is 10.1. The smallest absolute Gasteiger partial charge is 0.229 e. The van der Waals surface area contributed by atoms with Crippen molar-refractivity contribution >= 4 is 11.7 Å². The third-order valence-corrected chi connectivity index (χ3v) is 5.47. The van der Waals surface area contributed by atoms with Crippen LogP contribution >= 0.6 is 0 Å². The Kier molecular flexibility index (Phi) is 4.57. The molecule has 2 aliphatic rings. The highest BCUT2D eigenvalue weighted by Gasteiger charge is 2.43. The van der Waals surface area contributed by atoms with Crippen molar-refractivity contribution in [3.63, 3.8) is 0 Å². The highest BCUT2D eigenvalue weighted by molar-refractivity contribution is 5.94. The zero-order valence-electron chi connectivity index (χ0n) is 14.8. The normalized spacial score (nSPS) is 23.4. The number of rotatable bonds is 5.